The molecule has 0 bridgehead atoms. The van der Waals surface area contributed by atoms with E-state index in [2.05, 4.69) is 26.1 Å². The number of halogens is 3. The second-order valence-corrected chi connectivity index (χ2v) is 5.61. The van der Waals surface area contributed by atoms with Crippen molar-refractivity contribution in [2.75, 3.05) is 0 Å². The lowest BCUT2D eigenvalue weighted by atomic mass is 10.2. The first-order chi connectivity index (χ1) is 9.68. The van der Waals surface area contributed by atoms with Crippen molar-refractivity contribution in [3.8, 4) is 17.1 Å². The SMILES string of the molecule is Clc1cccc(-n2c(Cl)nnc2-c2ccccc2)c1Br. The lowest BCUT2D eigenvalue weighted by molar-refractivity contribution is 1.06. The molecule has 0 fully saturated rings. The van der Waals surface area contributed by atoms with E-state index in [-0.39, 0.29) is 5.28 Å². The Kier molecular flexibility index (Phi) is 3.78. The summed E-state index contributed by atoms with van der Waals surface area (Å²) in [5.41, 5.74) is 1.73. The van der Waals surface area contributed by atoms with E-state index in [9.17, 15) is 0 Å². The second-order valence-electron chi connectivity index (χ2n) is 4.07. The summed E-state index contributed by atoms with van der Waals surface area (Å²) in [7, 11) is 0. The van der Waals surface area contributed by atoms with Gasteiger partial charge in [0.05, 0.1) is 15.2 Å². The standard InChI is InChI=1S/C14H8BrCl2N3/c15-12-10(16)7-4-8-11(12)20-13(18-19-14(20)17)9-5-2-1-3-6-9/h1-8H. The summed E-state index contributed by atoms with van der Waals surface area (Å²) in [4.78, 5) is 0. The van der Waals surface area contributed by atoms with Crippen molar-refractivity contribution in [1.29, 1.82) is 0 Å². The summed E-state index contributed by atoms with van der Waals surface area (Å²) in [5, 5.41) is 8.99. The number of aromatic nitrogens is 3. The van der Waals surface area contributed by atoms with Gasteiger partial charge >= 0.3 is 0 Å². The highest BCUT2D eigenvalue weighted by molar-refractivity contribution is 9.10. The molecule has 0 amide bonds. The molecule has 0 spiro atoms. The van der Waals surface area contributed by atoms with Gasteiger partial charge in [0.15, 0.2) is 5.82 Å². The van der Waals surface area contributed by atoms with E-state index in [1.807, 2.05) is 42.5 Å². The van der Waals surface area contributed by atoms with Crippen LogP contribution in [0.15, 0.2) is 53.0 Å². The van der Waals surface area contributed by atoms with E-state index >= 15 is 0 Å². The van der Waals surface area contributed by atoms with Crippen LogP contribution in [0.4, 0.5) is 0 Å². The molecule has 1 heterocycles. The number of nitrogens with zero attached hydrogens (tertiary/aromatic N) is 3. The Labute approximate surface area is 134 Å². The second kappa shape index (κ2) is 5.56. The number of rotatable bonds is 2. The Morgan fingerprint density at radius 3 is 2.40 bits per heavy atom. The van der Waals surface area contributed by atoms with Crippen molar-refractivity contribution in [3.05, 3.63) is 63.3 Å². The number of hydrogen-bond acceptors (Lipinski definition) is 2. The first-order valence-electron chi connectivity index (χ1n) is 5.79. The van der Waals surface area contributed by atoms with Crippen LogP contribution in [0.25, 0.3) is 17.1 Å². The third-order valence-electron chi connectivity index (χ3n) is 2.83. The zero-order valence-electron chi connectivity index (χ0n) is 10.1. The minimum Gasteiger partial charge on any atom is -0.265 e. The van der Waals surface area contributed by atoms with Gasteiger partial charge in [-0.2, -0.15) is 0 Å². The molecular formula is C14H8BrCl2N3. The normalized spacial score (nSPS) is 10.8. The Morgan fingerprint density at radius 2 is 1.65 bits per heavy atom. The van der Waals surface area contributed by atoms with Gasteiger partial charge in [-0.15, -0.1) is 10.2 Å². The van der Waals surface area contributed by atoms with E-state index < -0.39 is 0 Å². The lowest BCUT2D eigenvalue weighted by Gasteiger charge is -2.10. The van der Waals surface area contributed by atoms with Crippen LogP contribution in [-0.2, 0) is 0 Å². The maximum atomic E-state index is 6.18. The highest BCUT2D eigenvalue weighted by Crippen LogP contribution is 2.33. The van der Waals surface area contributed by atoms with Crippen LogP contribution >= 0.6 is 39.1 Å². The summed E-state index contributed by atoms with van der Waals surface area (Å²) in [6.45, 7) is 0. The topological polar surface area (TPSA) is 30.7 Å². The van der Waals surface area contributed by atoms with Gasteiger partial charge in [0.1, 0.15) is 0 Å². The van der Waals surface area contributed by atoms with Crippen LogP contribution in [0, 0.1) is 0 Å². The van der Waals surface area contributed by atoms with Gasteiger partial charge in [-0.25, -0.2) is 0 Å². The van der Waals surface area contributed by atoms with Crippen molar-refractivity contribution in [3.63, 3.8) is 0 Å². The fourth-order valence-electron chi connectivity index (χ4n) is 1.92. The molecule has 3 nitrogen and oxygen atoms in total. The highest BCUT2D eigenvalue weighted by Gasteiger charge is 2.16. The maximum absolute atomic E-state index is 6.18. The predicted octanol–water partition coefficient (Wildman–Crippen LogP) is 5.00. The van der Waals surface area contributed by atoms with E-state index in [1.54, 1.807) is 10.6 Å². The molecule has 0 aliphatic carbocycles. The van der Waals surface area contributed by atoms with E-state index in [0.29, 0.717) is 10.8 Å². The largest absolute Gasteiger partial charge is 0.265 e. The number of benzene rings is 2. The molecule has 1 aromatic heterocycles. The van der Waals surface area contributed by atoms with E-state index in [1.165, 1.54) is 0 Å². The molecular weight excluding hydrogens is 361 g/mol. The predicted molar refractivity (Wildman–Crippen MR) is 84.5 cm³/mol. The molecule has 20 heavy (non-hydrogen) atoms. The van der Waals surface area contributed by atoms with Crippen LogP contribution in [0.3, 0.4) is 0 Å². The maximum Gasteiger partial charge on any atom is 0.229 e. The average molecular weight is 369 g/mol. The molecule has 0 N–H and O–H groups in total. The molecule has 0 atom stereocenters. The third-order valence-corrected chi connectivity index (χ3v) is 4.45. The summed E-state index contributed by atoms with van der Waals surface area (Å²) < 4.78 is 2.51. The Bertz CT molecular complexity index is 756. The van der Waals surface area contributed by atoms with E-state index in [4.69, 9.17) is 23.2 Å². The van der Waals surface area contributed by atoms with Crippen molar-refractivity contribution >= 4 is 39.1 Å². The van der Waals surface area contributed by atoms with Crippen molar-refractivity contribution in [2.24, 2.45) is 0 Å². The van der Waals surface area contributed by atoms with Gasteiger partial charge in [0.25, 0.3) is 0 Å². The summed E-state index contributed by atoms with van der Waals surface area (Å²) in [6, 6.07) is 15.3. The van der Waals surface area contributed by atoms with Gasteiger partial charge in [0.2, 0.25) is 5.28 Å². The van der Waals surface area contributed by atoms with Gasteiger partial charge in [0, 0.05) is 5.56 Å². The zero-order valence-corrected chi connectivity index (χ0v) is 13.2. The van der Waals surface area contributed by atoms with Crippen LogP contribution in [0.5, 0.6) is 0 Å². The molecule has 100 valence electrons. The van der Waals surface area contributed by atoms with Crippen LogP contribution in [0.2, 0.25) is 10.3 Å². The van der Waals surface area contributed by atoms with Crippen LogP contribution < -0.4 is 0 Å². The van der Waals surface area contributed by atoms with Crippen LogP contribution in [0.1, 0.15) is 0 Å². The molecule has 3 rings (SSSR count). The van der Waals surface area contributed by atoms with Gasteiger partial charge in [-0.05, 0) is 39.7 Å². The molecule has 0 unspecified atom stereocenters. The first-order valence-corrected chi connectivity index (χ1v) is 7.34. The van der Waals surface area contributed by atoms with Crippen molar-refractivity contribution in [1.82, 2.24) is 14.8 Å². The molecule has 0 saturated carbocycles. The quantitative estimate of drug-likeness (QED) is 0.636. The smallest absolute Gasteiger partial charge is 0.229 e. The van der Waals surface area contributed by atoms with E-state index in [0.717, 1.165) is 15.7 Å². The average Bonchev–Trinajstić information content (AvgIpc) is 2.85. The molecule has 0 saturated heterocycles. The number of hydrogen-bond donors (Lipinski definition) is 0. The molecule has 2 aromatic carbocycles. The fraction of sp³-hybridized carbons (Fsp3) is 0. The molecule has 0 radical (unpaired) electrons. The van der Waals surface area contributed by atoms with Gasteiger partial charge in [-0.1, -0.05) is 48.0 Å². The molecule has 0 aliphatic rings. The summed E-state index contributed by atoms with van der Waals surface area (Å²) in [6.07, 6.45) is 0. The van der Waals surface area contributed by atoms with Gasteiger partial charge in [-0.3, -0.25) is 4.57 Å². The lowest BCUT2D eigenvalue weighted by Crippen LogP contribution is -1.99. The molecule has 3 aromatic rings. The zero-order chi connectivity index (χ0) is 14.1. The molecule has 0 aliphatic heterocycles. The summed E-state index contributed by atoms with van der Waals surface area (Å²) >= 11 is 15.8. The van der Waals surface area contributed by atoms with Gasteiger partial charge < -0.3 is 0 Å². The van der Waals surface area contributed by atoms with Crippen LogP contribution in [-0.4, -0.2) is 14.8 Å². The Balaban J connectivity index is 2.25. The Hall–Kier alpha value is -1.36. The molecule has 6 heteroatoms. The fourth-order valence-corrected chi connectivity index (χ4v) is 2.74. The monoisotopic (exact) mass is 367 g/mol. The Morgan fingerprint density at radius 1 is 0.900 bits per heavy atom. The minimum absolute atomic E-state index is 0.284. The highest BCUT2D eigenvalue weighted by atomic mass is 79.9. The van der Waals surface area contributed by atoms with Crippen molar-refractivity contribution in [2.45, 2.75) is 0 Å². The third kappa shape index (κ3) is 2.35. The summed E-state index contributed by atoms with van der Waals surface area (Å²) in [5.74, 6) is 0.665. The minimum atomic E-state index is 0.284. The first kappa shape index (κ1) is 13.6. The van der Waals surface area contributed by atoms with Crippen molar-refractivity contribution < 1.29 is 0 Å².